The molecule has 1 amide bonds. The zero-order chi connectivity index (χ0) is 22.2. The fourth-order valence-electron chi connectivity index (χ4n) is 4.25. The van der Waals surface area contributed by atoms with Gasteiger partial charge in [0.1, 0.15) is 24.1 Å². The Kier molecular flexibility index (Phi) is 4.53. The first-order chi connectivity index (χ1) is 15.3. The molecule has 6 atom stereocenters. The lowest BCUT2D eigenvalue weighted by atomic mass is 10.1. The van der Waals surface area contributed by atoms with Crippen LogP contribution in [0.3, 0.4) is 0 Å². The van der Waals surface area contributed by atoms with Gasteiger partial charge in [0.15, 0.2) is 22.9 Å². The molecule has 0 radical (unpaired) electrons. The summed E-state index contributed by atoms with van der Waals surface area (Å²) < 4.78 is 29.2. The van der Waals surface area contributed by atoms with E-state index in [1.54, 1.807) is 6.20 Å². The number of phosphoric ester groups is 1. The van der Waals surface area contributed by atoms with Crippen molar-refractivity contribution in [2.75, 3.05) is 11.9 Å². The van der Waals surface area contributed by atoms with Crippen molar-refractivity contribution in [3.05, 3.63) is 52.5 Å². The first-order valence-corrected chi connectivity index (χ1v) is 12.0. The van der Waals surface area contributed by atoms with Crippen LogP contribution < -0.4 is 10.6 Å². The molecular formula is C18H17BrN5O7P. The molecule has 14 heteroatoms. The molecule has 168 valence electrons. The van der Waals surface area contributed by atoms with Crippen molar-refractivity contribution in [1.82, 2.24) is 19.8 Å². The van der Waals surface area contributed by atoms with Crippen LogP contribution in [0, 0.1) is 0 Å². The molecule has 2 unspecified atom stereocenters. The number of benzene rings is 1. The van der Waals surface area contributed by atoms with E-state index < -0.39 is 38.7 Å². The summed E-state index contributed by atoms with van der Waals surface area (Å²) in [5, 5.41) is 17.3. The zero-order valence-corrected chi connectivity index (χ0v) is 18.6. The van der Waals surface area contributed by atoms with Crippen LogP contribution >= 0.6 is 23.8 Å². The second kappa shape index (κ2) is 7.12. The summed E-state index contributed by atoms with van der Waals surface area (Å²) in [6.45, 7) is -0.213. The molecule has 0 saturated carbocycles. The molecule has 0 spiro atoms. The van der Waals surface area contributed by atoms with Gasteiger partial charge in [-0.2, -0.15) is 0 Å². The molecule has 0 bridgehead atoms. The summed E-state index contributed by atoms with van der Waals surface area (Å²) in [6.07, 6.45) is -3.03. The molecule has 2 saturated heterocycles. The normalized spacial score (nSPS) is 35.5. The lowest BCUT2D eigenvalue weighted by Gasteiger charge is -2.31. The number of amides is 1. The van der Waals surface area contributed by atoms with Gasteiger partial charge in [0.2, 0.25) is 0 Å². The number of rotatable bonds is 2. The highest BCUT2D eigenvalue weighted by Crippen LogP contribution is 2.53. The van der Waals surface area contributed by atoms with E-state index in [4.69, 9.17) is 13.8 Å². The molecule has 2 aromatic rings. The number of ether oxygens (including phenoxy) is 1. The molecule has 1 aromatic heterocycles. The van der Waals surface area contributed by atoms with Crippen molar-refractivity contribution in [2.45, 2.75) is 30.8 Å². The number of nitrogens with zero attached hydrogens (tertiary/aromatic N) is 3. The predicted molar refractivity (Wildman–Crippen MR) is 112 cm³/mol. The average Bonchev–Trinajstić information content (AvgIpc) is 3.43. The summed E-state index contributed by atoms with van der Waals surface area (Å²) >= 11 is 3.33. The third kappa shape index (κ3) is 3.05. The Morgan fingerprint density at radius 2 is 2.03 bits per heavy atom. The second-order valence-corrected chi connectivity index (χ2v) is 9.77. The maximum absolute atomic E-state index is 13.2. The fourth-order valence-corrected chi connectivity index (χ4v) is 5.77. The van der Waals surface area contributed by atoms with E-state index in [2.05, 4.69) is 31.5 Å². The highest BCUT2D eigenvalue weighted by Gasteiger charge is 2.54. The zero-order valence-electron chi connectivity index (χ0n) is 16.2. The van der Waals surface area contributed by atoms with Crippen molar-refractivity contribution >= 4 is 41.2 Å². The molecule has 1 aromatic carbocycles. The van der Waals surface area contributed by atoms with Crippen molar-refractivity contribution in [3.63, 3.8) is 0 Å². The van der Waals surface area contributed by atoms with Gasteiger partial charge in [-0.25, -0.2) is 9.55 Å². The van der Waals surface area contributed by atoms with Crippen molar-refractivity contribution < 1.29 is 33.1 Å². The molecule has 2 fully saturated rings. The van der Waals surface area contributed by atoms with E-state index in [-0.39, 0.29) is 22.9 Å². The number of hydrogen-bond acceptors (Lipinski definition) is 9. The number of fused-ring (bicyclic) bond motifs is 3. The monoisotopic (exact) mass is 525 g/mol. The van der Waals surface area contributed by atoms with Crippen LogP contribution in [-0.4, -0.2) is 61.6 Å². The van der Waals surface area contributed by atoms with Crippen molar-refractivity contribution in [3.8, 4) is 0 Å². The molecule has 5 heterocycles. The summed E-state index contributed by atoms with van der Waals surface area (Å²) in [4.78, 5) is 28.6. The lowest BCUT2D eigenvalue weighted by Crippen LogP contribution is -2.49. The third-order valence-electron chi connectivity index (χ3n) is 5.72. The fraction of sp³-hybridized carbons (Fsp3) is 0.333. The number of aliphatic hydroxyl groups excluding tert-OH is 1. The van der Waals surface area contributed by atoms with Gasteiger partial charge in [-0.1, -0.05) is 30.3 Å². The summed E-state index contributed by atoms with van der Waals surface area (Å²) in [5.41, 5.74) is 1.82. The van der Waals surface area contributed by atoms with Crippen molar-refractivity contribution in [1.29, 1.82) is 0 Å². The van der Waals surface area contributed by atoms with Gasteiger partial charge in [-0.05, 0) is 21.5 Å². The Morgan fingerprint density at radius 1 is 1.25 bits per heavy atom. The minimum absolute atomic E-state index is 0.135. The van der Waals surface area contributed by atoms with Crippen LogP contribution in [0.4, 0.5) is 5.82 Å². The van der Waals surface area contributed by atoms with Crippen LogP contribution in [0.2, 0.25) is 0 Å². The van der Waals surface area contributed by atoms with E-state index in [1.165, 1.54) is 9.47 Å². The Morgan fingerprint density at radius 3 is 2.81 bits per heavy atom. The standard InChI is InChI=1S/C18H17BrN5O7P/c19-17-21-11-14(24(17)16-12(25)13-10(30-16)7-29-32(27,28)31-13)22-18-20-9(6-23(18)15(11)26)8-4-2-1-3-5-8/h1-6,10,12-13,16,18,20,22,25H,7H2,(H,27,28)/t10-,12-,13-,16-,18?/m1/s1. The summed E-state index contributed by atoms with van der Waals surface area (Å²) in [5.74, 6) is -0.0138. The highest BCUT2D eigenvalue weighted by molar-refractivity contribution is 9.10. The summed E-state index contributed by atoms with van der Waals surface area (Å²) in [6, 6.07) is 9.57. The number of halogens is 1. The molecule has 32 heavy (non-hydrogen) atoms. The van der Waals surface area contributed by atoms with Crippen LogP contribution in [0.15, 0.2) is 41.3 Å². The van der Waals surface area contributed by atoms with Gasteiger partial charge in [0.25, 0.3) is 5.91 Å². The van der Waals surface area contributed by atoms with Gasteiger partial charge in [-0.3, -0.25) is 23.3 Å². The number of hydrogen-bond donors (Lipinski definition) is 4. The Balaban J connectivity index is 1.32. The number of aromatic nitrogens is 2. The molecule has 6 rings (SSSR count). The largest absolute Gasteiger partial charge is 0.472 e. The van der Waals surface area contributed by atoms with Crippen LogP contribution in [0.25, 0.3) is 5.70 Å². The first kappa shape index (κ1) is 20.4. The van der Waals surface area contributed by atoms with E-state index >= 15 is 0 Å². The smallest absolute Gasteiger partial charge is 0.386 e. The predicted octanol–water partition coefficient (Wildman–Crippen LogP) is 1.17. The van der Waals surface area contributed by atoms with Gasteiger partial charge >= 0.3 is 7.82 Å². The molecular weight excluding hydrogens is 509 g/mol. The Bertz CT molecular complexity index is 1190. The Hall–Kier alpha value is -2.25. The number of carbonyl (C=O) groups is 1. The highest BCUT2D eigenvalue weighted by atomic mass is 79.9. The molecule has 0 aliphatic carbocycles. The van der Waals surface area contributed by atoms with E-state index in [9.17, 15) is 19.4 Å². The lowest BCUT2D eigenvalue weighted by molar-refractivity contribution is -0.0674. The Labute approximate surface area is 189 Å². The first-order valence-electron chi connectivity index (χ1n) is 9.72. The molecule has 4 aliphatic rings. The summed E-state index contributed by atoms with van der Waals surface area (Å²) in [7, 11) is -4.26. The SMILES string of the molecule is O=C1c2nc(Br)n([C@@H]3O[C@@H]4COP(=O)(O)O[C@H]4[C@H]3O)c2NC2NC(c3ccccc3)=CN12. The van der Waals surface area contributed by atoms with E-state index in [1.807, 2.05) is 30.3 Å². The third-order valence-corrected chi connectivity index (χ3v) is 7.27. The van der Waals surface area contributed by atoms with Crippen LogP contribution in [-0.2, 0) is 18.3 Å². The van der Waals surface area contributed by atoms with Crippen LogP contribution in [0.1, 0.15) is 22.3 Å². The van der Waals surface area contributed by atoms with Crippen LogP contribution in [0.5, 0.6) is 0 Å². The van der Waals surface area contributed by atoms with E-state index in [0.29, 0.717) is 5.82 Å². The number of aliphatic hydroxyl groups is 1. The maximum atomic E-state index is 13.2. The maximum Gasteiger partial charge on any atom is 0.472 e. The number of nitrogens with one attached hydrogen (secondary N) is 2. The van der Waals surface area contributed by atoms with Gasteiger partial charge in [-0.15, -0.1) is 0 Å². The van der Waals surface area contributed by atoms with Gasteiger partial charge in [0, 0.05) is 6.20 Å². The van der Waals surface area contributed by atoms with Gasteiger partial charge < -0.3 is 25.4 Å². The average molecular weight is 526 g/mol. The quantitative estimate of drug-likeness (QED) is 0.421. The van der Waals surface area contributed by atoms with Crippen molar-refractivity contribution in [2.24, 2.45) is 0 Å². The number of phosphoric acid groups is 1. The molecule has 12 nitrogen and oxygen atoms in total. The number of anilines is 1. The second-order valence-electron chi connectivity index (χ2n) is 7.65. The van der Waals surface area contributed by atoms with E-state index in [0.717, 1.165) is 11.3 Å². The number of imidazole rings is 1. The molecule has 4 N–H and O–H groups in total. The topological polar surface area (TPSA) is 147 Å². The minimum Gasteiger partial charge on any atom is -0.386 e. The minimum atomic E-state index is -4.26. The number of carbonyl (C=O) groups excluding carboxylic acids is 1. The molecule has 4 aliphatic heterocycles. The van der Waals surface area contributed by atoms with Gasteiger partial charge in [0.05, 0.1) is 12.3 Å².